The first kappa shape index (κ1) is 23.8. The van der Waals surface area contributed by atoms with Crippen LogP contribution < -0.4 is 5.32 Å². The Labute approximate surface area is 199 Å². The molecule has 1 heterocycles. The maximum Gasteiger partial charge on any atom is 0.337 e. The molecule has 1 aromatic carbocycles. The van der Waals surface area contributed by atoms with Crippen LogP contribution in [0.3, 0.4) is 0 Å². The fourth-order valence-electron chi connectivity index (χ4n) is 5.42. The number of thioether (sulfide) groups is 1. The second kappa shape index (κ2) is 10.3. The number of amides is 1. The van der Waals surface area contributed by atoms with Crippen molar-refractivity contribution in [3.05, 3.63) is 41.6 Å². The van der Waals surface area contributed by atoms with E-state index in [9.17, 15) is 14.7 Å². The van der Waals surface area contributed by atoms with E-state index in [0.717, 1.165) is 48.6 Å². The zero-order valence-corrected chi connectivity index (χ0v) is 20.3. The second-order valence-corrected chi connectivity index (χ2v) is 10.5. The topological polar surface area (TPSA) is 93.5 Å². The van der Waals surface area contributed by atoms with Crippen molar-refractivity contribution in [1.82, 2.24) is 15.1 Å². The lowest BCUT2D eigenvalue weighted by Gasteiger charge is -2.47. The van der Waals surface area contributed by atoms with Crippen LogP contribution in [-0.2, 0) is 4.74 Å². The number of hydrogen-bond acceptors (Lipinski definition) is 6. The van der Waals surface area contributed by atoms with Crippen LogP contribution in [0.1, 0.15) is 66.7 Å². The summed E-state index contributed by atoms with van der Waals surface area (Å²) in [7, 11) is 1.36. The van der Waals surface area contributed by atoms with Crippen LogP contribution in [0.15, 0.2) is 35.5 Å². The zero-order valence-electron chi connectivity index (χ0n) is 19.5. The quantitative estimate of drug-likeness (QED) is 0.467. The van der Waals surface area contributed by atoms with E-state index in [2.05, 4.69) is 24.3 Å². The Kier molecular flexibility index (Phi) is 7.44. The summed E-state index contributed by atoms with van der Waals surface area (Å²) in [5.41, 5.74) is 1.82. The predicted molar refractivity (Wildman–Crippen MR) is 128 cm³/mol. The molecule has 2 aliphatic rings. The van der Waals surface area contributed by atoms with Crippen LogP contribution >= 0.6 is 11.8 Å². The van der Waals surface area contributed by atoms with Crippen LogP contribution in [0.2, 0.25) is 0 Å². The van der Waals surface area contributed by atoms with E-state index in [-0.39, 0.29) is 24.0 Å². The monoisotopic (exact) mass is 471 g/mol. The van der Waals surface area contributed by atoms with Crippen molar-refractivity contribution in [2.24, 2.45) is 17.8 Å². The molecule has 178 valence electrons. The zero-order chi connectivity index (χ0) is 23.5. The highest BCUT2D eigenvalue weighted by Crippen LogP contribution is 2.43. The number of carbonyl (C=O) groups is 2. The van der Waals surface area contributed by atoms with Gasteiger partial charge in [-0.25, -0.2) is 9.48 Å². The first-order valence-electron chi connectivity index (χ1n) is 11.8. The molecule has 7 nitrogen and oxygen atoms in total. The third-order valence-electron chi connectivity index (χ3n) is 6.82. The molecular formula is C25H33N3O4S. The summed E-state index contributed by atoms with van der Waals surface area (Å²) < 4.78 is 6.54. The van der Waals surface area contributed by atoms with E-state index in [4.69, 9.17) is 4.74 Å². The fourth-order valence-corrected chi connectivity index (χ4v) is 6.40. The van der Waals surface area contributed by atoms with Crippen molar-refractivity contribution in [3.63, 3.8) is 0 Å². The summed E-state index contributed by atoms with van der Waals surface area (Å²) >= 11 is 1.61. The minimum Gasteiger partial charge on any atom is -0.465 e. The van der Waals surface area contributed by atoms with Crippen LogP contribution in [0.4, 0.5) is 0 Å². The molecule has 2 bridgehead atoms. The van der Waals surface area contributed by atoms with Crippen molar-refractivity contribution in [1.29, 1.82) is 0 Å². The van der Waals surface area contributed by atoms with Gasteiger partial charge in [0.1, 0.15) is 5.03 Å². The number of benzene rings is 1. The largest absolute Gasteiger partial charge is 0.465 e. The number of esters is 1. The molecule has 0 saturated heterocycles. The minimum absolute atomic E-state index is 0.100. The Hall–Kier alpha value is -2.32. The number of hydrogen-bond donors (Lipinski definition) is 2. The van der Waals surface area contributed by atoms with Gasteiger partial charge in [-0.2, -0.15) is 5.10 Å². The lowest BCUT2D eigenvalue weighted by molar-refractivity contribution is 0.00240. The van der Waals surface area contributed by atoms with Gasteiger partial charge in [0, 0.05) is 6.04 Å². The van der Waals surface area contributed by atoms with E-state index < -0.39 is 0 Å². The van der Waals surface area contributed by atoms with E-state index in [1.807, 2.05) is 12.1 Å². The van der Waals surface area contributed by atoms with Crippen molar-refractivity contribution in [2.45, 2.75) is 63.1 Å². The fraction of sp³-hybridized carbons (Fsp3) is 0.560. The van der Waals surface area contributed by atoms with Crippen LogP contribution in [0, 0.1) is 17.8 Å². The molecule has 0 radical (unpaired) electrons. The molecule has 2 N–H and O–H groups in total. The average Bonchev–Trinajstić information content (AvgIpc) is 3.22. The summed E-state index contributed by atoms with van der Waals surface area (Å²) in [6.07, 6.45) is 5.96. The van der Waals surface area contributed by atoms with Gasteiger partial charge in [0.05, 0.1) is 36.2 Å². The molecule has 33 heavy (non-hydrogen) atoms. The predicted octanol–water partition coefficient (Wildman–Crippen LogP) is 4.08. The lowest BCUT2D eigenvalue weighted by atomic mass is 9.64. The molecule has 2 saturated carbocycles. The first-order valence-corrected chi connectivity index (χ1v) is 12.8. The Morgan fingerprint density at radius 3 is 2.45 bits per heavy atom. The number of methoxy groups -OCH3 is 1. The molecule has 0 spiro atoms. The Morgan fingerprint density at radius 2 is 1.85 bits per heavy atom. The number of aliphatic hydroxyl groups excluding tert-OH is 1. The number of nitrogens with one attached hydrogen (secondary N) is 1. The number of ether oxygens (including phenoxy) is 1. The number of rotatable bonds is 7. The molecule has 2 aromatic rings. The summed E-state index contributed by atoms with van der Waals surface area (Å²) in [4.78, 5) is 25.2. The van der Waals surface area contributed by atoms with Crippen molar-refractivity contribution < 1.29 is 19.4 Å². The molecule has 5 atom stereocenters. The Morgan fingerprint density at radius 1 is 1.18 bits per heavy atom. The maximum atomic E-state index is 13.4. The van der Waals surface area contributed by atoms with Gasteiger partial charge in [0.25, 0.3) is 5.91 Å². The summed E-state index contributed by atoms with van der Waals surface area (Å²) in [5.74, 6) is 1.65. The van der Waals surface area contributed by atoms with Gasteiger partial charge >= 0.3 is 5.97 Å². The van der Waals surface area contributed by atoms with Crippen molar-refractivity contribution in [2.75, 3.05) is 12.9 Å². The molecule has 1 amide bonds. The van der Waals surface area contributed by atoms with Crippen LogP contribution in [0.25, 0.3) is 5.69 Å². The third kappa shape index (κ3) is 5.11. The number of nitrogens with zero attached hydrogens (tertiary/aromatic N) is 2. The number of fused-ring (bicyclic) bond motifs is 2. The molecule has 0 aliphatic heterocycles. The van der Waals surface area contributed by atoms with Crippen molar-refractivity contribution in [3.8, 4) is 5.69 Å². The highest BCUT2D eigenvalue weighted by molar-refractivity contribution is 7.99. The lowest BCUT2D eigenvalue weighted by Crippen LogP contribution is -2.53. The van der Waals surface area contributed by atoms with Crippen LogP contribution in [0.5, 0.6) is 0 Å². The molecule has 1 aromatic heterocycles. The van der Waals surface area contributed by atoms with E-state index >= 15 is 0 Å². The molecular weight excluding hydrogens is 438 g/mol. The van der Waals surface area contributed by atoms with Crippen LogP contribution in [-0.4, -0.2) is 51.8 Å². The molecule has 2 unspecified atom stereocenters. The summed E-state index contributed by atoms with van der Waals surface area (Å²) in [5, 5.41) is 18.9. The van der Waals surface area contributed by atoms with Gasteiger partial charge in [0.15, 0.2) is 0 Å². The normalized spacial score (nSPS) is 26.6. The number of aromatic nitrogens is 2. The van der Waals surface area contributed by atoms with Gasteiger partial charge in [-0.3, -0.25) is 4.79 Å². The van der Waals surface area contributed by atoms with Gasteiger partial charge in [-0.05, 0) is 79.9 Å². The average molecular weight is 472 g/mol. The van der Waals surface area contributed by atoms with Gasteiger partial charge in [-0.15, -0.1) is 11.8 Å². The number of carbonyl (C=O) groups excluding carboxylic acids is 2. The van der Waals surface area contributed by atoms with Crippen molar-refractivity contribution >= 4 is 23.6 Å². The van der Waals surface area contributed by atoms with E-state index in [1.165, 1.54) is 7.11 Å². The van der Waals surface area contributed by atoms with Gasteiger partial charge < -0.3 is 15.2 Å². The summed E-state index contributed by atoms with van der Waals surface area (Å²) in [6, 6.07) is 7.12. The van der Waals surface area contributed by atoms with Gasteiger partial charge in [-0.1, -0.05) is 13.8 Å². The second-order valence-electron chi connectivity index (χ2n) is 9.38. The van der Waals surface area contributed by atoms with E-state index in [0.29, 0.717) is 28.9 Å². The molecule has 4 rings (SSSR count). The SMILES string of the molecule is CCCSc1c(C(=O)N[C@@H]2[C@@H]3CC(C)C[C@H]2CC(O)C3)cnn1-c1ccc(C(=O)OC)cc1. The summed E-state index contributed by atoms with van der Waals surface area (Å²) in [6.45, 7) is 4.37. The molecule has 2 aliphatic carbocycles. The number of aliphatic hydroxyl groups is 1. The third-order valence-corrected chi connectivity index (χ3v) is 8.10. The highest BCUT2D eigenvalue weighted by Gasteiger charge is 2.43. The molecule has 8 heteroatoms. The molecule has 2 fully saturated rings. The maximum absolute atomic E-state index is 13.4. The van der Waals surface area contributed by atoms with Gasteiger partial charge in [0.2, 0.25) is 0 Å². The highest BCUT2D eigenvalue weighted by atomic mass is 32.2. The Bertz CT molecular complexity index is 960. The minimum atomic E-state index is -0.389. The van der Waals surface area contributed by atoms with E-state index in [1.54, 1.807) is 34.8 Å². The Balaban J connectivity index is 1.58. The standard InChI is InChI=1S/C25H33N3O4S/c1-4-9-33-24-21(14-26-28(24)19-7-5-16(6-8-19)25(31)32-3)23(30)27-22-17-10-15(2)11-18(22)13-20(29)12-17/h5-8,14-15,17-18,20,22,29H,4,9-13H2,1-3H3,(H,27,30)/t15?,17-,18+,20?,22-. The smallest absolute Gasteiger partial charge is 0.337 e. The first-order chi connectivity index (χ1) is 15.9.